The van der Waals surface area contributed by atoms with E-state index in [9.17, 15) is 0 Å². The van der Waals surface area contributed by atoms with Gasteiger partial charge in [0, 0.05) is 10.1 Å². The second-order valence-corrected chi connectivity index (χ2v) is 9.81. The fourth-order valence-electron chi connectivity index (χ4n) is 4.90. The minimum absolute atomic E-state index is 0.0552. The second-order valence-electron chi connectivity index (χ2n) is 8.53. The summed E-state index contributed by atoms with van der Waals surface area (Å²) >= 11 is 2.02. The van der Waals surface area contributed by atoms with Crippen molar-refractivity contribution in [3.8, 4) is 0 Å². The Morgan fingerprint density at radius 2 is 1.70 bits per heavy atom. The van der Waals surface area contributed by atoms with E-state index < -0.39 is 0 Å². The summed E-state index contributed by atoms with van der Waals surface area (Å²) in [5, 5.41) is 0.540. The van der Waals surface area contributed by atoms with Crippen LogP contribution in [0.1, 0.15) is 44.6 Å². The highest BCUT2D eigenvalue weighted by molar-refractivity contribution is 8.00. The average molecular weight is 379 g/mol. The number of thioether (sulfide) groups is 1. The summed E-state index contributed by atoms with van der Waals surface area (Å²) in [4.78, 5) is 1.36. The Bertz CT molecular complexity index is 750. The zero-order valence-electron chi connectivity index (χ0n) is 16.3. The molecule has 0 amide bonds. The quantitative estimate of drug-likeness (QED) is 0.497. The van der Waals surface area contributed by atoms with Crippen molar-refractivity contribution in [1.82, 2.24) is 0 Å². The van der Waals surface area contributed by atoms with Gasteiger partial charge in [0.05, 0.1) is 11.2 Å². The van der Waals surface area contributed by atoms with E-state index in [0.29, 0.717) is 5.25 Å². The number of benzene rings is 2. The lowest BCUT2D eigenvalue weighted by Gasteiger charge is -2.49. The molecule has 2 aromatic carbocycles. The Balaban J connectivity index is 1.42. The van der Waals surface area contributed by atoms with Crippen molar-refractivity contribution in [2.24, 2.45) is 5.92 Å². The average Bonchev–Trinajstić information content (AvgIpc) is 2.93. The van der Waals surface area contributed by atoms with Gasteiger partial charge in [0.15, 0.2) is 0 Å². The summed E-state index contributed by atoms with van der Waals surface area (Å²) in [6.07, 6.45) is 8.94. The number of hydrogen-bond donors (Lipinski definition) is 0. The molecule has 2 aromatic rings. The van der Waals surface area contributed by atoms with Crippen LogP contribution in [0.3, 0.4) is 0 Å². The zero-order chi connectivity index (χ0) is 18.7. The number of ether oxygens (including phenoxy) is 1. The van der Waals surface area contributed by atoms with Crippen LogP contribution in [0.25, 0.3) is 0 Å². The molecule has 1 aliphatic carbocycles. The largest absolute Gasteiger partial charge is 0.367 e. The number of rotatable bonds is 7. The summed E-state index contributed by atoms with van der Waals surface area (Å²) < 4.78 is 6.79. The van der Waals surface area contributed by atoms with Crippen LogP contribution in [0, 0.1) is 5.92 Å². The fourth-order valence-corrected chi connectivity index (χ4v) is 6.44. The van der Waals surface area contributed by atoms with E-state index in [0.717, 1.165) is 18.8 Å². The van der Waals surface area contributed by atoms with Crippen LogP contribution in [-0.4, -0.2) is 16.5 Å². The molecule has 1 aliphatic heterocycles. The van der Waals surface area contributed by atoms with E-state index in [-0.39, 0.29) is 11.2 Å². The molecule has 0 radical (unpaired) electrons. The third-order valence-corrected chi connectivity index (χ3v) is 7.63. The summed E-state index contributed by atoms with van der Waals surface area (Å²) in [7, 11) is 0. The molecule has 1 nitrogen and oxygen atoms in total. The lowest BCUT2D eigenvalue weighted by atomic mass is 9.67. The molecule has 27 heavy (non-hydrogen) atoms. The first-order chi connectivity index (χ1) is 13.1. The second kappa shape index (κ2) is 7.85. The molecule has 1 heterocycles. The van der Waals surface area contributed by atoms with Gasteiger partial charge in [0.2, 0.25) is 0 Å². The van der Waals surface area contributed by atoms with Crippen molar-refractivity contribution < 1.29 is 4.74 Å². The lowest BCUT2D eigenvalue weighted by Crippen LogP contribution is -2.50. The van der Waals surface area contributed by atoms with Crippen LogP contribution >= 0.6 is 11.8 Å². The number of aryl methyl sites for hydroxylation is 1. The van der Waals surface area contributed by atoms with Crippen LogP contribution in [0.5, 0.6) is 0 Å². The van der Waals surface area contributed by atoms with Crippen LogP contribution in [0.4, 0.5) is 0 Å². The molecule has 4 rings (SSSR count). The van der Waals surface area contributed by atoms with E-state index >= 15 is 0 Å². The van der Waals surface area contributed by atoms with Crippen molar-refractivity contribution in [2.75, 3.05) is 0 Å². The van der Waals surface area contributed by atoms with E-state index in [1.165, 1.54) is 36.1 Å². The molecular formula is C25H30OS. The Hall–Kier alpha value is -1.51. The Morgan fingerprint density at radius 3 is 2.37 bits per heavy atom. The summed E-state index contributed by atoms with van der Waals surface area (Å²) in [5.41, 5.74) is 1.45. The Morgan fingerprint density at radius 1 is 1.04 bits per heavy atom. The third-order valence-electron chi connectivity index (χ3n) is 6.20. The topological polar surface area (TPSA) is 9.23 Å². The first-order valence-corrected chi connectivity index (χ1v) is 11.1. The third kappa shape index (κ3) is 4.17. The Labute approximate surface area is 168 Å². The van der Waals surface area contributed by atoms with Gasteiger partial charge in [-0.05, 0) is 69.1 Å². The van der Waals surface area contributed by atoms with Crippen molar-refractivity contribution in [3.05, 3.63) is 78.9 Å². The van der Waals surface area contributed by atoms with Crippen molar-refractivity contribution >= 4 is 11.8 Å². The molecule has 1 saturated carbocycles. The zero-order valence-corrected chi connectivity index (χ0v) is 17.1. The van der Waals surface area contributed by atoms with Gasteiger partial charge in [0.1, 0.15) is 0 Å². The minimum Gasteiger partial charge on any atom is -0.367 e. The molecule has 142 valence electrons. The molecule has 1 spiro atoms. The highest BCUT2D eigenvalue weighted by Gasteiger charge is 2.59. The smallest absolute Gasteiger partial charge is 0.0818 e. The predicted molar refractivity (Wildman–Crippen MR) is 115 cm³/mol. The maximum Gasteiger partial charge on any atom is 0.0818 e. The standard InChI is InChI=1S/C25H30OS/c1-3-16-24(2)19-23(27-22-12-8-5-9-13-22)25(26-24)17-21(18-25)15-14-20-10-6-4-7-11-20/h3-13,21,23H,1,14-19H2,2H3/t21?,23-,24-,25?/m0/s1. The first kappa shape index (κ1) is 18.8. The SMILES string of the molecule is C=CC[C@@]1(C)C[C@H](Sc2ccccc2)C2(CC(CCc3ccccc3)C2)O1. The van der Waals surface area contributed by atoms with E-state index in [1.807, 2.05) is 17.8 Å². The highest BCUT2D eigenvalue weighted by atomic mass is 32.2. The van der Waals surface area contributed by atoms with Crippen LogP contribution in [0.2, 0.25) is 0 Å². The van der Waals surface area contributed by atoms with Crippen LogP contribution in [0.15, 0.2) is 78.2 Å². The van der Waals surface area contributed by atoms with Gasteiger partial charge in [-0.2, -0.15) is 0 Å². The van der Waals surface area contributed by atoms with Crippen molar-refractivity contribution in [3.63, 3.8) is 0 Å². The van der Waals surface area contributed by atoms with E-state index in [1.54, 1.807) is 0 Å². The van der Waals surface area contributed by atoms with Gasteiger partial charge < -0.3 is 4.74 Å². The van der Waals surface area contributed by atoms with E-state index in [4.69, 9.17) is 4.74 Å². The molecule has 0 bridgehead atoms. The lowest BCUT2D eigenvalue weighted by molar-refractivity contribution is -0.153. The molecule has 2 atom stereocenters. The van der Waals surface area contributed by atoms with Crippen LogP contribution in [-0.2, 0) is 11.2 Å². The van der Waals surface area contributed by atoms with Gasteiger partial charge in [-0.15, -0.1) is 18.3 Å². The molecule has 0 N–H and O–H groups in total. The molecule has 0 aromatic heterocycles. The molecule has 0 unspecified atom stereocenters. The molecular weight excluding hydrogens is 348 g/mol. The van der Waals surface area contributed by atoms with Gasteiger partial charge >= 0.3 is 0 Å². The first-order valence-electron chi connectivity index (χ1n) is 10.2. The fraction of sp³-hybridized carbons (Fsp3) is 0.440. The van der Waals surface area contributed by atoms with Crippen molar-refractivity contribution in [2.45, 2.75) is 66.8 Å². The van der Waals surface area contributed by atoms with Crippen molar-refractivity contribution in [1.29, 1.82) is 0 Å². The van der Waals surface area contributed by atoms with Crippen LogP contribution < -0.4 is 0 Å². The molecule has 2 heteroatoms. The highest BCUT2D eigenvalue weighted by Crippen LogP contribution is 2.58. The summed E-state index contributed by atoms with van der Waals surface area (Å²) in [6.45, 7) is 6.24. The minimum atomic E-state index is -0.0569. The monoisotopic (exact) mass is 378 g/mol. The van der Waals surface area contributed by atoms with Gasteiger partial charge in [-0.25, -0.2) is 0 Å². The maximum absolute atomic E-state index is 6.79. The van der Waals surface area contributed by atoms with Gasteiger partial charge in [-0.3, -0.25) is 0 Å². The number of hydrogen-bond acceptors (Lipinski definition) is 2. The molecule has 1 saturated heterocycles. The van der Waals surface area contributed by atoms with Gasteiger partial charge in [0.25, 0.3) is 0 Å². The molecule has 2 aliphatic rings. The van der Waals surface area contributed by atoms with E-state index in [2.05, 4.69) is 74.2 Å². The molecule has 2 fully saturated rings. The summed E-state index contributed by atoms with van der Waals surface area (Å²) in [5.74, 6) is 0.787. The Kier molecular flexibility index (Phi) is 5.48. The predicted octanol–water partition coefficient (Wildman–Crippen LogP) is 6.68. The maximum atomic E-state index is 6.79. The summed E-state index contributed by atoms with van der Waals surface area (Å²) in [6, 6.07) is 21.7. The van der Waals surface area contributed by atoms with Gasteiger partial charge in [-0.1, -0.05) is 54.6 Å². The normalized spacial score (nSPS) is 32.3.